The molecule has 5 heteroatoms. The van der Waals surface area contributed by atoms with Crippen LogP contribution in [0.5, 0.6) is 0 Å². The zero-order valence-corrected chi connectivity index (χ0v) is 12.0. The number of nitrogens with zero attached hydrogens (tertiary/aromatic N) is 1. The van der Waals surface area contributed by atoms with Gasteiger partial charge in [-0.15, -0.1) is 0 Å². The average molecular weight is 274 g/mol. The molecule has 0 spiro atoms. The quantitative estimate of drug-likeness (QED) is 0.768. The minimum Gasteiger partial charge on any atom is -0.329 e. The van der Waals surface area contributed by atoms with E-state index in [9.17, 15) is 8.42 Å². The zero-order chi connectivity index (χ0) is 13.0. The lowest BCUT2D eigenvalue weighted by molar-refractivity contribution is 0.298. The first-order chi connectivity index (χ1) is 8.63. The second-order valence-corrected chi connectivity index (χ2v) is 7.78. The molecule has 2 rings (SSSR count). The molecule has 0 aliphatic heterocycles. The Balaban J connectivity index is 1.93. The van der Waals surface area contributed by atoms with Gasteiger partial charge in [0.05, 0.1) is 5.75 Å². The molecule has 0 aromatic heterocycles. The van der Waals surface area contributed by atoms with E-state index in [-0.39, 0.29) is 6.04 Å². The van der Waals surface area contributed by atoms with Crippen LogP contribution < -0.4 is 5.73 Å². The van der Waals surface area contributed by atoms with E-state index >= 15 is 0 Å². The summed E-state index contributed by atoms with van der Waals surface area (Å²) < 4.78 is 26.6. The Hall–Kier alpha value is -0.130. The summed E-state index contributed by atoms with van der Waals surface area (Å²) >= 11 is 0. The molecule has 0 amide bonds. The monoisotopic (exact) mass is 274 g/mol. The Morgan fingerprint density at radius 3 is 2.22 bits per heavy atom. The highest BCUT2D eigenvalue weighted by Crippen LogP contribution is 2.31. The van der Waals surface area contributed by atoms with Crippen molar-refractivity contribution >= 4 is 10.0 Å². The van der Waals surface area contributed by atoms with E-state index < -0.39 is 10.0 Å². The maximum Gasteiger partial charge on any atom is 0.214 e. The van der Waals surface area contributed by atoms with Crippen molar-refractivity contribution in [2.24, 2.45) is 11.7 Å². The van der Waals surface area contributed by atoms with Gasteiger partial charge in [0.15, 0.2) is 0 Å². The summed E-state index contributed by atoms with van der Waals surface area (Å²) in [5.74, 6) is 0.983. The van der Waals surface area contributed by atoms with Crippen molar-refractivity contribution in [3.8, 4) is 0 Å². The normalized spacial score (nSPS) is 22.6. The molecular formula is C13H26N2O2S. The minimum absolute atomic E-state index is 0.222. The molecule has 0 atom stereocenters. The van der Waals surface area contributed by atoms with E-state index in [0.717, 1.165) is 32.1 Å². The molecule has 0 aromatic rings. The highest BCUT2D eigenvalue weighted by molar-refractivity contribution is 7.89. The van der Waals surface area contributed by atoms with E-state index in [1.807, 2.05) is 0 Å². The van der Waals surface area contributed by atoms with E-state index in [1.165, 1.54) is 19.3 Å². The van der Waals surface area contributed by atoms with Crippen LogP contribution >= 0.6 is 0 Å². The number of nitrogens with two attached hydrogens (primary N) is 1. The Morgan fingerprint density at radius 2 is 1.72 bits per heavy atom. The predicted octanol–water partition coefficient (Wildman–Crippen LogP) is 1.71. The van der Waals surface area contributed by atoms with Crippen LogP contribution in [0.15, 0.2) is 0 Å². The van der Waals surface area contributed by atoms with Crippen LogP contribution in [0.2, 0.25) is 0 Å². The molecule has 2 aliphatic carbocycles. The van der Waals surface area contributed by atoms with Gasteiger partial charge in [-0.3, -0.25) is 0 Å². The second kappa shape index (κ2) is 6.35. The van der Waals surface area contributed by atoms with Gasteiger partial charge in [0, 0.05) is 19.1 Å². The van der Waals surface area contributed by atoms with Crippen LogP contribution in [0.1, 0.15) is 51.4 Å². The first-order valence-electron chi connectivity index (χ1n) is 7.33. The molecule has 0 bridgehead atoms. The van der Waals surface area contributed by atoms with Gasteiger partial charge in [0.1, 0.15) is 0 Å². The standard InChI is InChI=1S/C13H26N2O2S/c14-9-10-15(13-6-1-2-7-13)18(16,17)11-8-12-4-3-5-12/h12-13H,1-11,14H2. The molecule has 2 N–H and O–H groups in total. The number of hydrogen-bond acceptors (Lipinski definition) is 3. The van der Waals surface area contributed by atoms with Crippen molar-refractivity contribution < 1.29 is 8.42 Å². The minimum atomic E-state index is -3.09. The lowest BCUT2D eigenvalue weighted by Crippen LogP contribution is -2.43. The summed E-state index contributed by atoms with van der Waals surface area (Å²) in [7, 11) is -3.09. The predicted molar refractivity (Wildman–Crippen MR) is 73.8 cm³/mol. The molecule has 0 aromatic carbocycles. The van der Waals surface area contributed by atoms with Crippen molar-refractivity contribution in [1.29, 1.82) is 0 Å². The fourth-order valence-corrected chi connectivity index (χ4v) is 5.00. The summed E-state index contributed by atoms with van der Waals surface area (Å²) in [4.78, 5) is 0. The molecule has 2 fully saturated rings. The zero-order valence-electron chi connectivity index (χ0n) is 11.2. The van der Waals surface area contributed by atoms with Gasteiger partial charge >= 0.3 is 0 Å². The van der Waals surface area contributed by atoms with Crippen LogP contribution in [-0.4, -0.2) is 37.6 Å². The molecule has 18 heavy (non-hydrogen) atoms. The SMILES string of the molecule is NCCN(C1CCCC1)S(=O)(=O)CCC1CCC1. The number of sulfonamides is 1. The number of hydrogen-bond donors (Lipinski definition) is 1. The lowest BCUT2D eigenvalue weighted by atomic mass is 9.84. The largest absolute Gasteiger partial charge is 0.329 e. The summed E-state index contributed by atoms with van der Waals surface area (Å²) in [5, 5.41) is 0. The fraction of sp³-hybridized carbons (Fsp3) is 1.00. The van der Waals surface area contributed by atoms with Crippen LogP contribution in [0, 0.1) is 5.92 Å². The molecule has 4 nitrogen and oxygen atoms in total. The molecule has 0 unspecified atom stereocenters. The smallest absolute Gasteiger partial charge is 0.214 e. The summed E-state index contributed by atoms with van der Waals surface area (Å²) in [6, 6.07) is 0.222. The van der Waals surface area contributed by atoms with Crippen molar-refractivity contribution in [2.45, 2.75) is 57.4 Å². The van der Waals surface area contributed by atoms with E-state index in [4.69, 9.17) is 5.73 Å². The lowest BCUT2D eigenvalue weighted by Gasteiger charge is -2.30. The van der Waals surface area contributed by atoms with E-state index in [2.05, 4.69) is 0 Å². The highest BCUT2D eigenvalue weighted by atomic mass is 32.2. The molecule has 2 aliphatic rings. The summed E-state index contributed by atoms with van der Waals surface area (Å²) in [6.07, 6.45) is 8.90. The Morgan fingerprint density at radius 1 is 1.06 bits per heavy atom. The Kier molecular flexibility index (Phi) is 5.04. The second-order valence-electron chi connectivity index (χ2n) is 5.74. The van der Waals surface area contributed by atoms with Gasteiger partial charge in [-0.05, 0) is 25.2 Å². The van der Waals surface area contributed by atoms with Gasteiger partial charge in [-0.2, -0.15) is 4.31 Å². The summed E-state index contributed by atoms with van der Waals surface area (Å²) in [6.45, 7) is 0.927. The van der Waals surface area contributed by atoms with Crippen molar-refractivity contribution in [1.82, 2.24) is 4.31 Å². The Bertz CT molecular complexity index is 346. The van der Waals surface area contributed by atoms with Crippen molar-refractivity contribution in [2.75, 3.05) is 18.8 Å². The average Bonchev–Trinajstić information content (AvgIpc) is 2.76. The van der Waals surface area contributed by atoms with Gasteiger partial charge < -0.3 is 5.73 Å². The third-order valence-electron chi connectivity index (χ3n) is 4.45. The topological polar surface area (TPSA) is 63.4 Å². The molecular weight excluding hydrogens is 248 g/mol. The maximum absolute atomic E-state index is 12.4. The van der Waals surface area contributed by atoms with Crippen LogP contribution in [0.4, 0.5) is 0 Å². The molecule has 0 radical (unpaired) electrons. The molecule has 2 saturated carbocycles. The molecule has 0 heterocycles. The first kappa shape index (κ1) is 14.3. The van der Waals surface area contributed by atoms with Crippen LogP contribution in [-0.2, 0) is 10.0 Å². The van der Waals surface area contributed by atoms with E-state index in [1.54, 1.807) is 4.31 Å². The maximum atomic E-state index is 12.4. The highest BCUT2D eigenvalue weighted by Gasteiger charge is 2.32. The van der Waals surface area contributed by atoms with Crippen LogP contribution in [0.3, 0.4) is 0 Å². The Labute approximate surface area is 111 Å². The molecule has 106 valence electrons. The first-order valence-corrected chi connectivity index (χ1v) is 8.94. The van der Waals surface area contributed by atoms with Crippen molar-refractivity contribution in [3.05, 3.63) is 0 Å². The number of rotatable bonds is 7. The van der Waals surface area contributed by atoms with Gasteiger partial charge in [-0.25, -0.2) is 8.42 Å². The third kappa shape index (κ3) is 3.45. The van der Waals surface area contributed by atoms with Gasteiger partial charge in [0.25, 0.3) is 0 Å². The van der Waals surface area contributed by atoms with Crippen LogP contribution in [0.25, 0.3) is 0 Å². The molecule has 0 saturated heterocycles. The van der Waals surface area contributed by atoms with Crippen molar-refractivity contribution in [3.63, 3.8) is 0 Å². The summed E-state index contributed by atoms with van der Waals surface area (Å²) in [5.41, 5.74) is 5.58. The third-order valence-corrected chi connectivity index (χ3v) is 6.39. The fourth-order valence-electron chi connectivity index (χ4n) is 3.08. The van der Waals surface area contributed by atoms with Gasteiger partial charge in [0.2, 0.25) is 10.0 Å². The van der Waals surface area contributed by atoms with Gasteiger partial charge in [-0.1, -0.05) is 32.1 Å². The van der Waals surface area contributed by atoms with E-state index in [0.29, 0.717) is 24.8 Å².